The van der Waals surface area contributed by atoms with E-state index < -0.39 is 0 Å². The van der Waals surface area contributed by atoms with Gasteiger partial charge in [-0.3, -0.25) is 9.69 Å². The van der Waals surface area contributed by atoms with Crippen molar-refractivity contribution >= 4 is 5.91 Å². The van der Waals surface area contributed by atoms with Gasteiger partial charge in [0.25, 0.3) is 0 Å². The molecule has 0 aromatic heterocycles. The predicted molar refractivity (Wildman–Crippen MR) is 131 cm³/mol. The number of carbonyl (C=O) groups excluding carboxylic acids is 1. The molecule has 5 unspecified atom stereocenters. The zero-order valence-electron chi connectivity index (χ0n) is 20.3. The van der Waals surface area contributed by atoms with E-state index in [1.54, 1.807) is 0 Å². The molecule has 2 N–H and O–H groups in total. The molecule has 7 aliphatic rings. The molecule has 3 aliphatic heterocycles. The molecule has 182 valence electrons. The maximum Gasteiger partial charge on any atom is 0.227 e. The van der Waals surface area contributed by atoms with E-state index in [2.05, 4.69) is 27.2 Å². The molecule has 5 nitrogen and oxygen atoms in total. The lowest BCUT2D eigenvalue weighted by atomic mass is 9.43. The first-order valence-corrected chi connectivity index (χ1v) is 14.2. The summed E-state index contributed by atoms with van der Waals surface area (Å²) in [4.78, 5) is 19.1. The van der Waals surface area contributed by atoms with Gasteiger partial charge in [0.15, 0.2) is 0 Å². The quantitative estimate of drug-likeness (QED) is 0.709. The SMILES string of the molecule is O=C([C@H]1CCCNC1)N1C[C@H]2CC34CCC1C2C31CCN(C2CCC2)C4Cc2ccc(O)cc21. The minimum Gasteiger partial charge on any atom is -0.508 e. The highest BCUT2D eigenvalue weighted by atomic mass is 16.3. The van der Waals surface area contributed by atoms with Crippen LogP contribution in [0.3, 0.4) is 0 Å². The van der Waals surface area contributed by atoms with Crippen LogP contribution >= 0.6 is 0 Å². The number of hydrogen-bond acceptors (Lipinski definition) is 4. The molecule has 7 atom stereocenters. The Balaban J connectivity index is 1.23. The Morgan fingerprint density at radius 2 is 2.03 bits per heavy atom. The number of rotatable bonds is 2. The second kappa shape index (κ2) is 7.00. The summed E-state index contributed by atoms with van der Waals surface area (Å²) < 4.78 is 0. The van der Waals surface area contributed by atoms with Gasteiger partial charge in [-0.05, 0) is 111 Å². The number of nitrogens with one attached hydrogen (secondary N) is 1. The van der Waals surface area contributed by atoms with Gasteiger partial charge in [-0.15, -0.1) is 0 Å². The molecule has 3 heterocycles. The second-order valence-electron chi connectivity index (χ2n) is 12.9. The number of amides is 1. The molecule has 1 aromatic carbocycles. The Morgan fingerprint density at radius 1 is 1.12 bits per heavy atom. The van der Waals surface area contributed by atoms with Crippen molar-refractivity contribution in [1.29, 1.82) is 0 Å². The minimum atomic E-state index is 0.150. The van der Waals surface area contributed by atoms with E-state index in [-0.39, 0.29) is 11.3 Å². The van der Waals surface area contributed by atoms with Crippen molar-refractivity contribution in [2.24, 2.45) is 23.2 Å². The van der Waals surface area contributed by atoms with Crippen LogP contribution in [-0.4, -0.2) is 65.1 Å². The maximum absolute atomic E-state index is 13.8. The van der Waals surface area contributed by atoms with Crippen LogP contribution in [0.2, 0.25) is 0 Å². The Kier molecular flexibility index (Phi) is 4.24. The summed E-state index contributed by atoms with van der Waals surface area (Å²) in [7, 11) is 0. The molecule has 0 radical (unpaired) electrons. The molecule has 1 aromatic rings. The van der Waals surface area contributed by atoms with E-state index in [0.29, 0.717) is 41.0 Å². The van der Waals surface area contributed by atoms with Crippen molar-refractivity contribution in [3.05, 3.63) is 29.3 Å². The van der Waals surface area contributed by atoms with E-state index in [0.717, 1.165) is 44.9 Å². The molecule has 8 rings (SSSR count). The number of aromatic hydroxyl groups is 1. The van der Waals surface area contributed by atoms with Crippen LogP contribution in [0, 0.1) is 23.2 Å². The first kappa shape index (κ1) is 20.6. The van der Waals surface area contributed by atoms with Crippen LogP contribution in [0.5, 0.6) is 5.75 Å². The zero-order chi connectivity index (χ0) is 22.7. The van der Waals surface area contributed by atoms with Crippen LogP contribution < -0.4 is 5.32 Å². The maximum atomic E-state index is 13.8. The second-order valence-corrected chi connectivity index (χ2v) is 12.9. The van der Waals surface area contributed by atoms with Gasteiger partial charge in [-0.1, -0.05) is 12.5 Å². The summed E-state index contributed by atoms with van der Waals surface area (Å²) in [5.41, 5.74) is 3.46. The lowest BCUT2D eigenvalue weighted by Gasteiger charge is -2.68. The molecular formula is C29H39N3O2. The van der Waals surface area contributed by atoms with Gasteiger partial charge >= 0.3 is 0 Å². The van der Waals surface area contributed by atoms with Crippen LogP contribution in [-0.2, 0) is 16.6 Å². The van der Waals surface area contributed by atoms with Crippen molar-refractivity contribution in [1.82, 2.24) is 15.1 Å². The summed E-state index contributed by atoms with van der Waals surface area (Å²) in [5.74, 6) is 2.25. The molecular weight excluding hydrogens is 422 g/mol. The van der Waals surface area contributed by atoms with E-state index in [1.165, 1.54) is 62.6 Å². The van der Waals surface area contributed by atoms with Gasteiger partial charge in [0.05, 0.1) is 5.92 Å². The first-order valence-electron chi connectivity index (χ1n) is 14.2. The van der Waals surface area contributed by atoms with Gasteiger partial charge < -0.3 is 15.3 Å². The normalized spacial score (nSPS) is 44.9. The van der Waals surface area contributed by atoms with E-state index >= 15 is 0 Å². The van der Waals surface area contributed by atoms with Crippen molar-refractivity contribution in [3.63, 3.8) is 0 Å². The Hall–Kier alpha value is -1.59. The van der Waals surface area contributed by atoms with Crippen molar-refractivity contribution in [2.75, 3.05) is 26.2 Å². The number of hydrogen-bond donors (Lipinski definition) is 2. The predicted octanol–water partition coefficient (Wildman–Crippen LogP) is 3.44. The van der Waals surface area contributed by atoms with Crippen LogP contribution in [0.25, 0.3) is 0 Å². The minimum absolute atomic E-state index is 0.150. The highest BCUT2D eigenvalue weighted by molar-refractivity contribution is 5.80. The zero-order valence-corrected chi connectivity index (χ0v) is 20.3. The monoisotopic (exact) mass is 461 g/mol. The van der Waals surface area contributed by atoms with Gasteiger partial charge in [0.1, 0.15) is 5.75 Å². The Morgan fingerprint density at radius 3 is 2.82 bits per heavy atom. The van der Waals surface area contributed by atoms with Crippen molar-refractivity contribution in [2.45, 2.75) is 87.7 Å². The number of carbonyl (C=O) groups is 1. The fourth-order valence-electron chi connectivity index (χ4n) is 10.7. The van der Waals surface area contributed by atoms with E-state index in [9.17, 15) is 9.90 Å². The third kappa shape index (κ3) is 2.37. The number of likely N-dealkylation sites (tertiary alicyclic amines) is 2. The van der Waals surface area contributed by atoms with Gasteiger partial charge in [-0.2, -0.15) is 0 Å². The number of benzene rings is 1. The standard InChI is InChI=1S/C29H39N3O2/c33-22-7-6-18-13-25-28-9-8-24-26(20(15-28)17-32(24)27(34)19-3-2-11-30-16-19)29(28,23(18)14-22)10-12-31(25)21-4-1-5-21/h6-7,14,19-21,24-26,30,33H,1-5,8-13,15-17H2/t19-,20+,24?,25?,26?,28?,29?/m0/s1. The van der Waals surface area contributed by atoms with Crippen LogP contribution in [0.1, 0.15) is 68.9 Å². The van der Waals surface area contributed by atoms with Gasteiger partial charge in [0, 0.05) is 36.6 Å². The molecule has 3 saturated heterocycles. The molecule has 6 fully saturated rings. The van der Waals surface area contributed by atoms with Gasteiger partial charge in [-0.25, -0.2) is 0 Å². The molecule has 3 saturated carbocycles. The smallest absolute Gasteiger partial charge is 0.227 e. The average molecular weight is 462 g/mol. The summed E-state index contributed by atoms with van der Waals surface area (Å²) in [6.07, 6.45) is 12.5. The van der Waals surface area contributed by atoms with Gasteiger partial charge in [0.2, 0.25) is 5.91 Å². The molecule has 0 spiro atoms. The summed E-state index contributed by atoms with van der Waals surface area (Å²) in [6.45, 7) is 4.12. The molecule has 4 aliphatic carbocycles. The first-order chi connectivity index (χ1) is 16.6. The lowest BCUT2D eigenvalue weighted by molar-refractivity contribution is -0.147. The third-order valence-electron chi connectivity index (χ3n) is 12.0. The topological polar surface area (TPSA) is 55.8 Å². The number of piperidine rings is 2. The van der Waals surface area contributed by atoms with E-state index in [4.69, 9.17) is 0 Å². The number of phenols is 1. The average Bonchev–Trinajstić information content (AvgIpc) is 3.26. The fraction of sp³-hybridized carbons (Fsp3) is 0.759. The van der Waals surface area contributed by atoms with Crippen LogP contribution in [0.15, 0.2) is 18.2 Å². The Labute approximate surface area is 203 Å². The number of phenolic OH excluding ortho intramolecular Hbond substituents is 1. The highest BCUT2D eigenvalue weighted by Crippen LogP contribution is 2.75. The largest absolute Gasteiger partial charge is 0.508 e. The molecule has 1 amide bonds. The summed E-state index contributed by atoms with van der Waals surface area (Å²) in [6, 6.07) is 8.16. The number of fused-ring (bicyclic) bond motifs is 1. The van der Waals surface area contributed by atoms with Crippen LogP contribution in [0.4, 0.5) is 0 Å². The summed E-state index contributed by atoms with van der Waals surface area (Å²) in [5, 5.41) is 14.1. The van der Waals surface area contributed by atoms with Crippen molar-refractivity contribution < 1.29 is 9.90 Å². The molecule has 34 heavy (non-hydrogen) atoms. The summed E-state index contributed by atoms with van der Waals surface area (Å²) >= 11 is 0. The third-order valence-corrected chi connectivity index (χ3v) is 12.0. The molecule has 4 bridgehead atoms. The van der Waals surface area contributed by atoms with E-state index in [1.807, 2.05) is 6.07 Å². The fourth-order valence-corrected chi connectivity index (χ4v) is 10.7. The lowest BCUT2D eigenvalue weighted by Crippen LogP contribution is -2.71. The van der Waals surface area contributed by atoms with Crippen molar-refractivity contribution in [3.8, 4) is 5.75 Å². The molecule has 5 heteroatoms. The number of nitrogens with zero attached hydrogens (tertiary/aromatic N) is 2. The highest BCUT2D eigenvalue weighted by Gasteiger charge is 2.76. The Bertz CT molecular complexity index is 1030.